The van der Waals surface area contributed by atoms with Crippen LogP contribution in [-0.4, -0.2) is 25.0 Å². The second-order valence-electron chi connectivity index (χ2n) is 5.49. The maximum Gasteiger partial charge on any atom is 0.338 e. The molecule has 0 unspecified atom stereocenters. The second kappa shape index (κ2) is 10.4. The third-order valence-corrected chi connectivity index (χ3v) is 3.72. The number of carbonyl (C=O) groups excluding carboxylic acids is 2. The molecular formula is C18H24N2O3. The SMILES string of the molecule is CCCC[C@H](CC)CNC(=O)COC(=O)c1ccc(C#N)cc1. The number of carbonyl (C=O) groups is 2. The quantitative estimate of drug-likeness (QED) is 0.710. The van der Waals surface area contributed by atoms with Crippen LogP contribution in [0.15, 0.2) is 24.3 Å². The minimum absolute atomic E-state index is 0.289. The number of nitrogens with one attached hydrogen (secondary N) is 1. The van der Waals surface area contributed by atoms with Gasteiger partial charge in [-0.3, -0.25) is 4.79 Å². The molecule has 1 atom stereocenters. The van der Waals surface area contributed by atoms with Crippen molar-refractivity contribution in [2.45, 2.75) is 39.5 Å². The van der Waals surface area contributed by atoms with Crippen molar-refractivity contribution >= 4 is 11.9 Å². The Balaban J connectivity index is 2.34. The van der Waals surface area contributed by atoms with Gasteiger partial charge in [0.2, 0.25) is 0 Å². The first-order valence-electron chi connectivity index (χ1n) is 8.04. The number of nitriles is 1. The fourth-order valence-corrected chi connectivity index (χ4v) is 2.15. The highest BCUT2D eigenvalue weighted by Crippen LogP contribution is 2.11. The van der Waals surface area contributed by atoms with Crippen molar-refractivity contribution in [3.05, 3.63) is 35.4 Å². The van der Waals surface area contributed by atoms with E-state index >= 15 is 0 Å². The highest BCUT2D eigenvalue weighted by molar-refractivity contribution is 5.91. The topological polar surface area (TPSA) is 79.2 Å². The maximum absolute atomic E-state index is 11.8. The van der Waals surface area contributed by atoms with Gasteiger partial charge in [-0.2, -0.15) is 5.26 Å². The number of hydrogen-bond acceptors (Lipinski definition) is 4. The Kier molecular flexibility index (Phi) is 8.45. The van der Waals surface area contributed by atoms with Gasteiger partial charge in [-0.15, -0.1) is 0 Å². The van der Waals surface area contributed by atoms with Crippen molar-refractivity contribution in [1.82, 2.24) is 5.32 Å². The van der Waals surface area contributed by atoms with Crippen LogP contribution in [0.3, 0.4) is 0 Å². The number of ether oxygens (including phenoxy) is 1. The molecular weight excluding hydrogens is 292 g/mol. The number of amides is 1. The van der Waals surface area contributed by atoms with Crippen molar-refractivity contribution in [3.8, 4) is 6.07 Å². The van der Waals surface area contributed by atoms with Gasteiger partial charge in [0, 0.05) is 6.54 Å². The van der Waals surface area contributed by atoms with Crippen LogP contribution in [0.25, 0.3) is 0 Å². The molecule has 0 fully saturated rings. The fraction of sp³-hybridized carbons (Fsp3) is 0.500. The molecule has 0 spiro atoms. The van der Waals surface area contributed by atoms with E-state index in [1.54, 1.807) is 0 Å². The first-order valence-corrected chi connectivity index (χ1v) is 8.04. The van der Waals surface area contributed by atoms with Crippen LogP contribution >= 0.6 is 0 Å². The van der Waals surface area contributed by atoms with E-state index in [-0.39, 0.29) is 12.5 Å². The molecule has 0 aliphatic rings. The summed E-state index contributed by atoms with van der Waals surface area (Å²) in [6, 6.07) is 8.07. The molecule has 1 N–H and O–H groups in total. The van der Waals surface area contributed by atoms with Crippen LogP contribution in [0.4, 0.5) is 0 Å². The Morgan fingerprint density at radius 1 is 1.26 bits per heavy atom. The Morgan fingerprint density at radius 2 is 1.96 bits per heavy atom. The van der Waals surface area contributed by atoms with E-state index in [9.17, 15) is 9.59 Å². The van der Waals surface area contributed by atoms with E-state index in [0.29, 0.717) is 23.6 Å². The molecule has 0 bridgehead atoms. The summed E-state index contributed by atoms with van der Waals surface area (Å²) in [5.74, 6) is -0.391. The predicted octanol–water partition coefficient (Wildman–Crippen LogP) is 3.05. The van der Waals surface area contributed by atoms with Gasteiger partial charge in [-0.25, -0.2) is 4.79 Å². The summed E-state index contributed by atoms with van der Waals surface area (Å²) in [4.78, 5) is 23.5. The Hall–Kier alpha value is -2.35. The number of nitrogens with zero attached hydrogens (tertiary/aromatic N) is 1. The van der Waals surface area contributed by atoms with Crippen molar-refractivity contribution in [1.29, 1.82) is 5.26 Å². The molecule has 1 aromatic carbocycles. The average molecular weight is 316 g/mol. The summed E-state index contributed by atoms with van der Waals surface area (Å²) < 4.78 is 4.98. The largest absolute Gasteiger partial charge is 0.452 e. The smallest absolute Gasteiger partial charge is 0.338 e. The highest BCUT2D eigenvalue weighted by Gasteiger charge is 2.12. The van der Waals surface area contributed by atoms with Gasteiger partial charge < -0.3 is 10.1 Å². The molecule has 1 rings (SSSR count). The summed E-state index contributed by atoms with van der Waals surface area (Å²) in [6.07, 6.45) is 4.42. The zero-order chi connectivity index (χ0) is 17.1. The number of rotatable bonds is 9. The molecule has 5 heteroatoms. The molecule has 124 valence electrons. The molecule has 5 nitrogen and oxygen atoms in total. The number of hydrogen-bond donors (Lipinski definition) is 1. The van der Waals surface area contributed by atoms with E-state index in [4.69, 9.17) is 10.00 Å². The van der Waals surface area contributed by atoms with Gasteiger partial charge >= 0.3 is 5.97 Å². The second-order valence-corrected chi connectivity index (χ2v) is 5.49. The van der Waals surface area contributed by atoms with Crippen LogP contribution in [0.5, 0.6) is 0 Å². The summed E-state index contributed by atoms with van der Waals surface area (Å²) >= 11 is 0. The van der Waals surface area contributed by atoms with Gasteiger partial charge in [0.1, 0.15) is 0 Å². The molecule has 0 heterocycles. The Labute approximate surface area is 137 Å². The lowest BCUT2D eigenvalue weighted by Gasteiger charge is -2.15. The van der Waals surface area contributed by atoms with E-state index < -0.39 is 5.97 Å². The summed E-state index contributed by atoms with van der Waals surface area (Å²) in [7, 11) is 0. The maximum atomic E-state index is 11.8. The lowest BCUT2D eigenvalue weighted by atomic mass is 9.99. The normalized spacial score (nSPS) is 11.3. The minimum atomic E-state index is -0.567. The van der Waals surface area contributed by atoms with Crippen molar-refractivity contribution in [2.75, 3.05) is 13.2 Å². The average Bonchev–Trinajstić information content (AvgIpc) is 2.59. The number of benzene rings is 1. The molecule has 1 amide bonds. The van der Waals surface area contributed by atoms with E-state index in [1.165, 1.54) is 24.3 Å². The molecule has 0 aliphatic carbocycles. The van der Waals surface area contributed by atoms with Crippen LogP contribution in [0.1, 0.15) is 55.5 Å². The molecule has 0 aromatic heterocycles. The number of esters is 1. The highest BCUT2D eigenvalue weighted by atomic mass is 16.5. The predicted molar refractivity (Wildman–Crippen MR) is 87.8 cm³/mol. The third kappa shape index (κ3) is 6.96. The monoisotopic (exact) mass is 316 g/mol. The van der Waals surface area contributed by atoms with Crippen molar-refractivity contribution in [2.24, 2.45) is 5.92 Å². The lowest BCUT2D eigenvalue weighted by Crippen LogP contribution is -2.32. The molecule has 23 heavy (non-hydrogen) atoms. The van der Waals surface area contributed by atoms with Gasteiger partial charge in [0.25, 0.3) is 5.91 Å². The van der Waals surface area contributed by atoms with E-state index in [0.717, 1.165) is 25.7 Å². The van der Waals surface area contributed by atoms with E-state index in [2.05, 4.69) is 19.2 Å². The first-order chi connectivity index (χ1) is 11.1. The van der Waals surface area contributed by atoms with Crippen LogP contribution in [-0.2, 0) is 9.53 Å². The molecule has 1 aromatic rings. The minimum Gasteiger partial charge on any atom is -0.452 e. The van der Waals surface area contributed by atoms with Gasteiger partial charge in [0.15, 0.2) is 6.61 Å². The number of unbranched alkanes of at least 4 members (excludes halogenated alkanes) is 1. The zero-order valence-electron chi connectivity index (χ0n) is 13.8. The standard InChI is InChI=1S/C18H24N2O3/c1-3-5-6-14(4-2)12-20-17(21)13-23-18(22)16-9-7-15(11-19)8-10-16/h7-10,14H,3-6,12-13H2,1-2H3,(H,20,21)/t14-/m0/s1. The first kappa shape index (κ1) is 18.7. The molecule has 0 aliphatic heterocycles. The van der Waals surface area contributed by atoms with Gasteiger partial charge in [-0.1, -0.05) is 33.1 Å². The van der Waals surface area contributed by atoms with Crippen LogP contribution in [0, 0.1) is 17.2 Å². The summed E-state index contributed by atoms with van der Waals surface area (Å²) in [5, 5.41) is 11.5. The van der Waals surface area contributed by atoms with Crippen LogP contribution in [0.2, 0.25) is 0 Å². The Morgan fingerprint density at radius 3 is 2.52 bits per heavy atom. The van der Waals surface area contributed by atoms with Gasteiger partial charge in [0.05, 0.1) is 17.2 Å². The van der Waals surface area contributed by atoms with Crippen molar-refractivity contribution in [3.63, 3.8) is 0 Å². The summed E-state index contributed by atoms with van der Waals surface area (Å²) in [5.41, 5.74) is 0.795. The lowest BCUT2D eigenvalue weighted by molar-refractivity contribution is -0.124. The zero-order valence-corrected chi connectivity index (χ0v) is 13.8. The van der Waals surface area contributed by atoms with Gasteiger partial charge in [-0.05, 0) is 36.6 Å². The molecule has 0 radical (unpaired) electrons. The third-order valence-electron chi connectivity index (χ3n) is 3.72. The molecule has 0 saturated carbocycles. The fourth-order valence-electron chi connectivity index (χ4n) is 2.15. The Bertz CT molecular complexity index is 546. The van der Waals surface area contributed by atoms with E-state index in [1.807, 2.05) is 6.07 Å². The van der Waals surface area contributed by atoms with Crippen LogP contribution < -0.4 is 5.32 Å². The molecule has 0 saturated heterocycles. The summed E-state index contributed by atoms with van der Waals surface area (Å²) in [6.45, 7) is 4.58. The van der Waals surface area contributed by atoms with Crippen molar-refractivity contribution < 1.29 is 14.3 Å².